The number of ether oxygens (including phenoxy) is 2. The van der Waals surface area contributed by atoms with E-state index in [0.717, 1.165) is 26.1 Å². The molecule has 80 valence electrons. The van der Waals surface area contributed by atoms with Gasteiger partial charge >= 0.3 is 0 Å². The van der Waals surface area contributed by atoms with Gasteiger partial charge in [0.15, 0.2) is 0 Å². The normalized spacial score (nSPS) is 11.1. The predicted octanol–water partition coefficient (Wildman–Crippen LogP) is -0.0364. The van der Waals surface area contributed by atoms with Crippen molar-refractivity contribution in [3.8, 4) is 0 Å². The van der Waals surface area contributed by atoms with Crippen molar-refractivity contribution in [1.82, 2.24) is 4.90 Å². The number of aliphatic hydroxyl groups excluding tert-OH is 1. The van der Waals surface area contributed by atoms with Gasteiger partial charge in [0.1, 0.15) is 0 Å². The van der Waals surface area contributed by atoms with E-state index in [2.05, 4.69) is 11.9 Å². The van der Waals surface area contributed by atoms with E-state index in [4.69, 9.17) is 14.6 Å². The van der Waals surface area contributed by atoms with E-state index in [1.807, 2.05) is 0 Å². The molecular weight excluding hydrogens is 170 g/mol. The summed E-state index contributed by atoms with van der Waals surface area (Å²) >= 11 is 0. The summed E-state index contributed by atoms with van der Waals surface area (Å²) in [6.07, 6.45) is 1.05. The van der Waals surface area contributed by atoms with Crippen molar-refractivity contribution in [2.75, 3.05) is 53.7 Å². The fourth-order valence-electron chi connectivity index (χ4n) is 0.978. The van der Waals surface area contributed by atoms with Crippen LogP contribution in [0, 0.1) is 0 Å². The lowest BCUT2D eigenvalue weighted by atomic mass is 10.4. The second-order valence-electron chi connectivity index (χ2n) is 2.99. The second-order valence-corrected chi connectivity index (χ2v) is 2.99. The minimum atomic E-state index is 0.105. The van der Waals surface area contributed by atoms with E-state index in [9.17, 15) is 0 Å². The van der Waals surface area contributed by atoms with E-state index in [0.29, 0.717) is 13.2 Å². The molecule has 0 aromatic rings. The monoisotopic (exact) mass is 191 g/mol. The number of hydrogen-bond acceptors (Lipinski definition) is 4. The third-order valence-corrected chi connectivity index (χ3v) is 1.74. The fraction of sp³-hybridized carbons (Fsp3) is 1.00. The molecule has 1 N–H and O–H groups in total. The van der Waals surface area contributed by atoms with Gasteiger partial charge in [0.25, 0.3) is 0 Å². The first-order chi connectivity index (χ1) is 6.31. The Morgan fingerprint density at radius 2 is 1.92 bits per heavy atom. The molecule has 0 aliphatic rings. The number of methoxy groups -OCH3 is 1. The molecule has 0 bridgehead atoms. The number of nitrogens with zero attached hydrogens (tertiary/aromatic N) is 1. The van der Waals surface area contributed by atoms with Crippen LogP contribution in [0.2, 0.25) is 0 Å². The van der Waals surface area contributed by atoms with Crippen molar-refractivity contribution in [3.63, 3.8) is 0 Å². The molecule has 0 aromatic heterocycles. The number of hydrogen-bond donors (Lipinski definition) is 1. The molecule has 0 fully saturated rings. The van der Waals surface area contributed by atoms with Crippen LogP contribution in [0.25, 0.3) is 0 Å². The highest BCUT2D eigenvalue weighted by Crippen LogP contribution is 1.88. The number of likely N-dealkylation sites (N-methyl/N-ethyl adjacent to an activating group) is 1. The third-order valence-electron chi connectivity index (χ3n) is 1.74. The van der Waals surface area contributed by atoms with E-state index < -0.39 is 0 Å². The molecule has 0 aliphatic carbocycles. The van der Waals surface area contributed by atoms with Crippen LogP contribution >= 0.6 is 0 Å². The van der Waals surface area contributed by atoms with Crippen molar-refractivity contribution in [1.29, 1.82) is 0 Å². The van der Waals surface area contributed by atoms with Crippen LogP contribution in [0.1, 0.15) is 6.42 Å². The Kier molecular flexibility index (Phi) is 9.80. The lowest BCUT2D eigenvalue weighted by molar-refractivity contribution is 0.0765. The molecule has 0 heterocycles. The Labute approximate surface area is 80.4 Å². The van der Waals surface area contributed by atoms with Crippen LogP contribution < -0.4 is 0 Å². The van der Waals surface area contributed by atoms with Gasteiger partial charge in [-0.05, 0) is 13.5 Å². The summed E-state index contributed by atoms with van der Waals surface area (Å²) in [6.45, 7) is 3.96. The Balaban J connectivity index is 3.05. The molecule has 0 saturated carbocycles. The van der Waals surface area contributed by atoms with Crippen LogP contribution in [0.5, 0.6) is 0 Å². The number of rotatable bonds is 9. The highest BCUT2D eigenvalue weighted by Gasteiger charge is 1.97. The largest absolute Gasteiger partial charge is 0.394 e. The minimum absolute atomic E-state index is 0.105. The van der Waals surface area contributed by atoms with Gasteiger partial charge in [0.05, 0.1) is 19.8 Å². The maximum Gasteiger partial charge on any atom is 0.0698 e. The topological polar surface area (TPSA) is 41.9 Å². The van der Waals surface area contributed by atoms with E-state index >= 15 is 0 Å². The molecule has 0 aliphatic heterocycles. The second kappa shape index (κ2) is 9.92. The van der Waals surface area contributed by atoms with Crippen molar-refractivity contribution in [2.24, 2.45) is 0 Å². The summed E-state index contributed by atoms with van der Waals surface area (Å²) in [5.41, 5.74) is 0. The summed E-state index contributed by atoms with van der Waals surface area (Å²) in [5.74, 6) is 0. The zero-order valence-corrected chi connectivity index (χ0v) is 8.66. The average molecular weight is 191 g/mol. The molecule has 0 spiro atoms. The highest BCUT2D eigenvalue weighted by molar-refractivity contribution is 4.50. The molecule has 0 unspecified atom stereocenters. The molecule has 0 rings (SSSR count). The Morgan fingerprint density at radius 1 is 1.15 bits per heavy atom. The van der Waals surface area contributed by atoms with Gasteiger partial charge in [-0.25, -0.2) is 0 Å². The lowest BCUT2D eigenvalue weighted by Gasteiger charge is -2.15. The van der Waals surface area contributed by atoms with Crippen LogP contribution in [0.15, 0.2) is 0 Å². The molecule has 0 radical (unpaired) electrons. The van der Waals surface area contributed by atoms with Crippen molar-refractivity contribution in [3.05, 3.63) is 0 Å². The molecule has 4 heteroatoms. The smallest absolute Gasteiger partial charge is 0.0698 e. The Morgan fingerprint density at radius 3 is 2.54 bits per heavy atom. The van der Waals surface area contributed by atoms with Crippen LogP contribution in [-0.2, 0) is 9.47 Å². The van der Waals surface area contributed by atoms with Gasteiger partial charge in [0.2, 0.25) is 0 Å². The van der Waals surface area contributed by atoms with E-state index in [1.165, 1.54) is 0 Å². The van der Waals surface area contributed by atoms with Gasteiger partial charge in [0, 0.05) is 26.8 Å². The Bertz CT molecular complexity index is 101. The Hall–Kier alpha value is -0.160. The summed E-state index contributed by atoms with van der Waals surface area (Å²) < 4.78 is 10.1. The molecule has 13 heavy (non-hydrogen) atoms. The van der Waals surface area contributed by atoms with Crippen molar-refractivity contribution in [2.45, 2.75) is 6.42 Å². The van der Waals surface area contributed by atoms with E-state index in [1.54, 1.807) is 7.11 Å². The van der Waals surface area contributed by atoms with Crippen molar-refractivity contribution < 1.29 is 14.6 Å². The zero-order valence-electron chi connectivity index (χ0n) is 8.66. The average Bonchev–Trinajstić information content (AvgIpc) is 2.13. The molecule has 0 aromatic carbocycles. The standard InChI is InChI=1S/C9H21NO3/c1-10(4-3-7-12-2)5-8-13-9-6-11/h11H,3-9H2,1-2H3. The van der Waals surface area contributed by atoms with Gasteiger partial charge in [-0.1, -0.05) is 0 Å². The van der Waals surface area contributed by atoms with Gasteiger partial charge in [-0.15, -0.1) is 0 Å². The highest BCUT2D eigenvalue weighted by atomic mass is 16.5. The summed E-state index contributed by atoms with van der Waals surface area (Å²) in [7, 11) is 3.77. The molecular formula is C9H21NO3. The zero-order chi connectivity index (χ0) is 9.94. The fourth-order valence-corrected chi connectivity index (χ4v) is 0.978. The minimum Gasteiger partial charge on any atom is -0.394 e. The summed E-state index contributed by atoms with van der Waals surface area (Å²) in [5, 5.41) is 8.45. The summed E-state index contributed by atoms with van der Waals surface area (Å²) in [4.78, 5) is 2.19. The van der Waals surface area contributed by atoms with Crippen molar-refractivity contribution >= 4 is 0 Å². The number of aliphatic hydroxyl groups is 1. The third kappa shape index (κ3) is 9.76. The lowest BCUT2D eigenvalue weighted by Crippen LogP contribution is -2.25. The molecule has 0 amide bonds. The van der Waals surface area contributed by atoms with Crippen LogP contribution in [0.4, 0.5) is 0 Å². The molecule has 0 saturated heterocycles. The van der Waals surface area contributed by atoms with Gasteiger partial charge in [-0.2, -0.15) is 0 Å². The summed E-state index contributed by atoms with van der Waals surface area (Å²) in [6, 6.07) is 0. The van der Waals surface area contributed by atoms with E-state index in [-0.39, 0.29) is 6.61 Å². The first-order valence-electron chi connectivity index (χ1n) is 4.67. The molecule has 4 nitrogen and oxygen atoms in total. The van der Waals surface area contributed by atoms with Crippen LogP contribution in [0.3, 0.4) is 0 Å². The SMILES string of the molecule is COCCCN(C)CCOCCO. The first-order valence-corrected chi connectivity index (χ1v) is 4.67. The van der Waals surface area contributed by atoms with Gasteiger partial charge in [-0.3, -0.25) is 0 Å². The quantitative estimate of drug-likeness (QED) is 0.519. The maximum atomic E-state index is 8.45. The predicted molar refractivity (Wildman–Crippen MR) is 51.9 cm³/mol. The first kappa shape index (κ1) is 12.8. The maximum absolute atomic E-state index is 8.45. The van der Waals surface area contributed by atoms with Gasteiger partial charge < -0.3 is 19.5 Å². The van der Waals surface area contributed by atoms with Crippen LogP contribution in [-0.4, -0.2) is 63.7 Å². The molecule has 0 atom stereocenters.